The van der Waals surface area contributed by atoms with Crippen LogP contribution in [0.4, 0.5) is 5.69 Å². The van der Waals surface area contributed by atoms with E-state index in [1.165, 1.54) is 24.3 Å². The molecule has 0 unspecified atom stereocenters. The first-order valence-electron chi connectivity index (χ1n) is 5.70. The highest BCUT2D eigenvalue weighted by Crippen LogP contribution is 2.31. The molecular formula is C13H9ClN2O5. The third kappa shape index (κ3) is 3.26. The number of benzene rings is 1. The number of aromatic carboxylic acids is 1. The maximum absolute atomic E-state index is 10.8. The molecular weight excluding hydrogens is 300 g/mol. The summed E-state index contributed by atoms with van der Waals surface area (Å²) < 4.78 is 5.45. The molecule has 2 aromatic rings. The quantitative estimate of drug-likeness (QED) is 0.685. The average Bonchev–Trinajstić information content (AvgIpc) is 2.40. The number of pyridine rings is 1. The zero-order valence-electron chi connectivity index (χ0n) is 10.7. The van der Waals surface area contributed by atoms with E-state index in [4.69, 9.17) is 21.4 Å². The van der Waals surface area contributed by atoms with Crippen LogP contribution in [-0.2, 0) is 0 Å². The second kappa shape index (κ2) is 5.76. The van der Waals surface area contributed by atoms with E-state index in [1.807, 2.05) is 0 Å². The van der Waals surface area contributed by atoms with E-state index in [0.29, 0.717) is 5.56 Å². The SMILES string of the molecule is Cc1cc(C(=O)O)cnc1Oc1ccc([N+](=O)[O-])c(Cl)c1. The lowest BCUT2D eigenvalue weighted by molar-refractivity contribution is -0.384. The first kappa shape index (κ1) is 14.7. The van der Waals surface area contributed by atoms with Crippen LogP contribution in [0.25, 0.3) is 0 Å². The Balaban J connectivity index is 2.28. The third-order valence-corrected chi connectivity index (χ3v) is 2.91. The summed E-state index contributed by atoms with van der Waals surface area (Å²) in [6.45, 7) is 1.64. The van der Waals surface area contributed by atoms with Gasteiger partial charge in [0.25, 0.3) is 5.69 Å². The van der Waals surface area contributed by atoms with Crippen LogP contribution in [0.15, 0.2) is 30.5 Å². The molecule has 1 aromatic carbocycles. The van der Waals surface area contributed by atoms with Crippen molar-refractivity contribution in [3.05, 3.63) is 56.7 Å². The van der Waals surface area contributed by atoms with Crippen molar-refractivity contribution in [1.82, 2.24) is 4.98 Å². The standard InChI is InChI=1S/C13H9ClN2O5/c1-7-4-8(13(17)18)6-15-12(7)21-9-2-3-11(16(19)20)10(14)5-9/h2-6H,1H3,(H,17,18). The number of hydrogen-bond acceptors (Lipinski definition) is 5. The number of halogens is 1. The zero-order chi connectivity index (χ0) is 15.6. The van der Waals surface area contributed by atoms with Crippen LogP contribution in [0.1, 0.15) is 15.9 Å². The number of nitro groups is 1. The lowest BCUT2D eigenvalue weighted by atomic mass is 10.2. The summed E-state index contributed by atoms with van der Waals surface area (Å²) in [6.07, 6.45) is 1.16. The summed E-state index contributed by atoms with van der Waals surface area (Å²) in [5.41, 5.74) is 0.334. The molecule has 0 amide bonds. The predicted octanol–water partition coefficient (Wildman–Crippen LogP) is 3.44. The molecule has 0 aliphatic rings. The molecule has 0 aliphatic heterocycles. The van der Waals surface area contributed by atoms with Crippen LogP contribution in [0, 0.1) is 17.0 Å². The van der Waals surface area contributed by atoms with Gasteiger partial charge < -0.3 is 9.84 Å². The van der Waals surface area contributed by atoms with E-state index >= 15 is 0 Å². The van der Waals surface area contributed by atoms with Crippen molar-refractivity contribution in [2.75, 3.05) is 0 Å². The fourth-order valence-electron chi connectivity index (χ4n) is 1.60. The predicted molar refractivity (Wildman–Crippen MR) is 74.1 cm³/mol. The van der Waals surface area contributed by atoms with Gasteiger partial charge in [0.1, 0.15) is 10.8 Å². The van der Waals surface area contributed by atoms with Crippen LogP contribution in [0.3, 0.4) is 0 Å². The van der Waals surface area contributed by atoms with E-state index in [1.54, 1.807) is 6.92 Å². The Bertz CT molecular complexity index is 732. The van der Waals surface area contributed by atoms with Crippen molar-refractivity contribution in [1.29, 1.82) is 0 Å². The van der Waals surface area contributed by atoms with Gasteiger partial charge in [-0.1, -0.05) is 11.6 Å². The van der Waals surface area contributed by atoms with Crippen LogP contribution in [-0.4, -0.2) is 21.0 Å². The number of hydrogen-bond donors (Lipinski definition) is 1. The lowest BCUT2D eigenvalue weighted by Crippen LogP contribution is -2.00. The van der Waals surface area contributed by atoms with Crippen LogP contribution < -0.4 is 4.74 Å². The average molecular weight is 309 g/mol. The topological polar surface area (TPSA) is 103 Å². The maximum atomic E-state index is 10.8. The molecule has 2 rings (SSSR count). The summed E-state index contributed by atoms with van der Waals surface area (Å²) in [5, 5.41) is 19.4. The van der Waals surface area contributed by atoms with Crippen LogP contribution >= 0.6 is 11.6 Å². The Morgan fingerprint density at radius 3 is 2.67 bits per heavy atom. The number of carbonyl (C=O) groups is 1. The monoisotopic (exact) mass is 308 g/mol. The Labute approximate surface area is 123 Å². The summed E-state index contributed by atoms with van der Waals surface area (Å²) >= 11 is 5.78. The van der Waals surface area contributed by atoms with Gasteiger partial charge in [0, 0.05) is 23.9 Å². The number of nitro benzene ring substituents is 1. The Morgan fingerprint density at radius 2 is 2.14 bits per heavy atom. The number of nitrogens with zero attached hydrogens (tertiary/aromatic N) is 2. The molecule has 0 aliphatic carbocycles. The highest BCUT2D eigenvalue weighted by Gasteiger charge is 2.14. The van der Waals surface area contributed by atoms with Gasteiger partial charge in [-0.25, -0.2) is 9.78 Å². The number of aryl methyl sites for hydroxylation is 1. The minimum atomic E-state index is -1.09. The van der Waals surface area contributed by atoms with E-state index in [2.05, 4.69) is 4.98 Å². The second-order valence-electron chi connectivity index (χ2n) is 4.12. The molecule has 0 radical (unpaired) electrons. The van der Waals surface area contributed by atoms with Gasteiger partial charge in [-0.15, -0.1) is 0 Å². The number of rotatable bonds is 4. The maximum Gasteiger partial charge on any atom is 0.337 e. The van der Waals surface area contributed by atoms with E-state index in [9.17, 15) is 14.9 Å². The van der Waals surface area contributed by atoms with Gasteiger partial charge in [0.05, 0.1) is 10.5 Å². The second-order valence-corrected chi connectivity index (χ2v) is 4.53. The fraction of sp³-hybridized carbons (Fsp3) is 0.0769. The number of ether oxygens (including phenoxy) is 1. The van der Waals surface area contributed by atoms with E-state index in [0.717, 1.165) is 6.20 Å². The molecule has 7 nitrogen and oxygen atoms in total. The third-order valence-electron chi connectivity index (χ3n) is 2.61. The van der Waals surface area contributed by atoms with Crippen molar-refractivity contribution in [3.8, 4) is 11.6 Å². The van der Waals surface area contributed by atoms with Gasteiger partial charge in [-0.2, -0.15) is 0 Å². The van der Waals surface area contributed by atoms with Gasteiger partial charge >= 0.3 is 5.97 Å². The molecule has 0 bridgehead atoms. The molecule has 0 fully saturated rings. The van der Waals surface area contributed by atoms with Crippen molar-refractivity contribution in [2.24, 2.45) is 0 Å². The van der Waals surface area contributed by atoms with E-state index in [-0.39, 0.29) is 27.9 Å². The highest BCUT2D eigenvalue weighted by molar-refractivity contribution is 6.32. The van der Waals surface area contributed by atoms with Gasteiger partial charge in [0.2, 0.25) is 5.88 Å². The smallest absolute Gasteiger partial charge is 0.337 e. The molecule has 0 saturated heterocycles. The summed E-state index contributed by atoms with van der Waals surface area (Å²) in [5.74, 6) is -0.621. The van der Waals surface area contributed by atoms with Crippen molar-refractivity contribution in [3.63, 3.8) is 0 Å². The van der Waals surface area contributed by atoms with Crippen molar-refractivity contribution >= 4 is 23.3 Å². The largest absolute Gasteiger partial charge is 0.478 e. The van der Waals surface area contributed by atoms with Gasteiger partial charge in [-0.3, -0.25) is 10.1 Å². The minimum Gasteiger partial charge on any atom is -0.478 e. The lowest BCUT2D eigenvalue weighted by Gasteiger charge is -2.08. The molecule has 0 saturated carbocycles. The molecule has 1 N–H and O–H groups in total. The molecule has 0 atom stereocenters. The van der Waals surface area contributed by atoms with Crippen molar-refractivity contribution < 1.29 is 19.6 Å². The highest BCUT2D eigenvalue weighted by atomic mass is 35.5. The van der Waals surface area contributed by atoms with Crippen LogP contribution in [0.2, 0.25) is 5.02 Å². The molecule has 1 aromatic heterocycles. The Morgan fingerprint density at radius 1 is 1.43 bits per heavy atom. The summed E-state index contributed by atoms with van der Waals surface area (Å²) in [6, 6.07) is 5.32. The number of carboxylic acids is 1. The fourth-order valence-corrected chi connectivity index (χ4v) is 1.84. The number of carboxylic acid groups (broad SMARTS) is 1. The molecule has 21 heavy (non-hydrogen) atoms. The molecule has 108 valence electrons. The number of aromatic nitrogens is 1. The molecule has 8 heteroatoms. The molecule has 0 spiro atoms. The van der Waals surface area contributed by atoms with E-state index < -0.39 is 10.9 Å². The first-order valence-corrected chi connectivity index (χ1v) is 6.08. The zero-order valence-corrected chi connectivity index (χ0v) is 11.5. The summed E-state index contributed by atoms with van der Waals surface area (Å²) in [4.78, 5) is 24.8. The van der Waals surface area contributed by atoms with Crippen molar-refractivity contribution in [2.45, 2.75) is 6.92 Å². The Kier molecular flexibility index (Phi) is 4.04. The van der Waals surface area contributed by atoms with Gasteiger partial charge in [0.15, 0.2) is 0 Å². The first-order chi connectivity index (χ1) is 9.88. The Hall–Kier alpha value is -2.67. The minimum absolute atomic E-state index is 0.0431. The normalized spacial score (nSPS) is 10.2. The molecule has 1 heterocycles. The van der Waals surface area contributed by atoms with Gasteiger partial charge in [-0.05, 0) is 19.1 Å². The van der Waals surface area contributed by atoms with Crippen LogP contribution in [0.5, 0.6) is 11.6 Å². The summed E-state index contributed by atoms with van der Waals surface area (Å²) in [7, 11) is 0.